The number of ether oxygens (including phenoxy) is 1. The summed E-state index contributed by atoms with van der Waals surface area (Å²) in [6.45, 7) is 9.05. The lowest BCUT2D eigenvalue weighted by molar-refractivity contribution is 0.185. The highest BCUT2D eigenvalue weighted by Gasteiger charge is 2.08. The van der Waals surface area contributed by atoms with E-state index in [0.29, 0.717) is 18.3 Å². The quantitative estimate of drug-likeness (QED) is 0.846. The fourth-order valence-corrected chi connectivity index (χ4v) is 2.28. The largest absolute Gasteiger partial charge is 0.475 e. The predicted molar refractivity (Wildman–Crippen MR) is 87.9 cm³/mol. The number of rotatable bonds is 7. The van der Waals surface area contributed by atoms with Gasteiger partial charge in [-0.2, -0.15) is 0 Å². The molecule has 22 heavy (non-hydrogen) atoms. The first kappa shape index (κ1) is 16.2. The van der Waals surface area contributed by atoms with Crippen molar-refractivity contribution in [2.45, 2.75) is 46.8 Å². The molecule has 1 unspecified atom stereocenters. The second kappa shape index (κ2) is 7.73. The maximum absolute atomic E-state index is 5.87. The third kappa shape index (κ3) is 5.31. The first-order valence-corrected chi connectivity index (χ1v) is 7.67. The molecule has 0 aromatic carbocycles. The molecule has 2 rings (SSSR count). The lowest BCUT2D eigenvalue weighted by Crippen LogP contribution is -2.15. The van der Waals surface area contributed by atoms with Crippen LogP contribution in [0.5, 0.6) is 5.88 Å². The van der Waals surface area contributed by atoms with E-state index < -0.39 is 0 Å². The molecule has 0 aliphatic rings. The van der Waals surface area contributed by atoms with E-state index >= 15 is 0 Å². The Hall–Kier alpha value is -2.17. The van der Waals surface area contributed by atoms with Crippen molar-refractivity contribution in [2.75, 3.05) is 5.32 Å². The van der Waals surface area contributed by atoms with Gasteiger partial charge in [-0.1, -0.05) is 13.8 Å². The van der Waals surface area contributed by atoms with Gasteiger partial charge >= 0.3 is 0 Å². The number of hydrogen-bond acceptors (Lipinski definition) is 5. The number of nitrogens with zero attached hydrogens (tertiary/aromatic N) is 3. The predicted octanol–water partition coefficient (Wildman–Crippen LogP) is 3.61. The van der Waals surface area contributed by atoms with Crippen molar-refractivity contribution in [3.8, 4) is 5.88 Å². The Labute approximate surface area is 132 Å². The molecule has 118 valence electrons. The van der Waals surface area contributed by atoms with Crippen molar-refractivity contribution in [1.82, 2.24) is 15.0 Å². The van der Waals surface area contributed by atoms with Gasteiger partial charge in [0.15, 0.2) is 0 Å². The molecule has 0 spiro atoms. The second-order valence-corrected chi connectivity index (χ2v) is 5.96. The molecule has 1 atom stereocenters. The van der Waals surface area contributed by atoms with E-state index in [2.05, 4.69) is 41.0 Å². The van der Waals surface area contributed by atoms with Gasteiger partial charge in [0.05, 0.1) is 18.0 Å². The zero-order valence-electron chi connectivity index (χ0n) is 13.7. The van der Waals surface area contributed by atoms with E-state index in [-0.39, 0.29) is 6.10 Å². The lowest BCUT2D eigenvalue weighted by atomic mass is 10.1. The molecule has 0 saturated heterocycles. The Morgan fingerprint density at radius 3 is 2.77 bits per heavy atom. The average Bonchev–Trinajstić information content (AvgIpc) is 2.44. The van der Waals surface area contributed by atoms with Gasteiger partial charge in [0.1, 0.15) is 5.82 Å². The van der Waals surface area contributed by atoms with E-state index in [0.717, 1.165) is 23.5 Å². The van der Waals surface area contributed by atoms with Crippen LogP contribution in [0.3, 0.4) is 0 Å². The zero-order chi connectivity index (χ0) is 15.9. The molecular weight excluding hydrogens is 276 g/mol. The molecule has 2 aromatic heterocycles. The van der Waals surface area contributed by atoms with Gasteiger partial charge in [0.2, 0.25) is 5.88 Å². The van der Waals surface area contributed by atoms with Gasteiger partial charge < -0.3 is 10.1 Å². The van der Waals surface area contributed by atoms with E-state index in [9.17, 15) is 0 Å². The smallest absolute Gasteiger partial charge is 0.213 e. The van der Waals surface area contributed by atoms with Crippen molar-refractivity contribution in [1.29, 1.82) is 0 Å². The van der Waals surface area contributed by atoms with Crippen LogP contribution in [0.2, 0.25) is 0 Å². The van der Waals surface area contributed by atoms with E-state index in [1.807, 2.05) is 19.1 Å². The van der Waals surface area contributed by atoms with Gasteiger partial charge in [-0.15, -0.1) is 0 Å². The average molecular weight is 300 g/mol. The Morgan fingerprint density at radius 2 is 2.05 bits per heavy atom. The minimum absolute atomic E-state index is 0.165. The van der Waals surface area contributed by atoms with Crippen molar-refractivity contribution in [2.24, 2.45) is 5.92 Å². The van der Waals surface area contributed by atoms with E-state index in [1.165, 1.54) is 0 Å². The Balaban J connectivity index is 1.93. The molecule has 5 heteroatoms. The summed E-state index contributed by atoms with van der Waals surface area (Å²) in [7, 11) is 0. The molecule has 0 amide bonds. The van der Waals surface area contributed by atoms with Crippen LogP contribution in [0.1, 0.15) is 38.4 Å². The molecule has 0 saturated carbocycles. The molecule has 0 bridgehead atoms. The number of aromatic nitrogens is 3. The van der Waals surface area contributed by atoms with Crippen LogP contribution in [0.4, 0.5) is 5.82 Å². The molecule has 0 fully saturated rings. The fraction of sp³-hybridized carbons (Fsp3) is 0.471. The minimum atomic E-state index is 0.165. The maximum Gasteiger partial charge on any atom is 0.213 e. The molecule has 1 N–H and O–H groups in total. The Morgan fingerprint density at radius 1 is 1.23 bits per heavy atom. The normalized spacial score (nSPS) is 12.2. The summed E-state index contributed by atoms with van der Waals surface area (Å²) in [5.41, 5.74) is 2.00. The molecule has 5 nitrogen and oxygen atoms in total. The number of hydrogen-bond donors (Lipinski definition) is 1. The summed E-state index contributed by atoms with van der Waals surface area (Å²) in [6, 6.07) is 3.93. The van der Waals surface area contributed by atoms with Crippen LogP contribution in [-0.2, 0) is 6.54 Å². The zero-order valence-corrected chi connectivity index (χ0v) is 13.7. The van der Waals surface area contributed by atoms with Crippen LogP contribution in [0, 0.1) is 12.8 Å². The van der Waals surface area contributed by atoms with Crippen LogP contribution >= 0.6 is 0 Å². The van der Waals surface area contributed by atoms with Crippen molar-refractivity contribution in [3.63, 3.8) is 0 Å². The van der Waals surface area contributed by atoms with Crippen LogP contribution < -0.4 is 10.1 Å². The Bertz CT molecular complexity index is 601. The molecule has 2 heterocycles. The summed E-state index contributed by atoms with van der Waals surface area (Å²) >= 11 is 0. The standard InChI is InChI=1S/C17H24N4O/c1-12(2)7-14(4)22-17-8-15(5-6-19-17)10-20-16-11-18-9-13(3)21-16/h5-6,8-9,11-12,14H,7,10H2,1-4H3,(H,20,21). The number of pyridine rings is 1. The van der Waals surface area contributed by atoms with Gasteiger partial charge in [-0.3, -0.25) is 4.98 Å². The van der Waals surface area contributed by atoms with Crippen molar-refractivity contribution < 1.29 is 4.74 Å². The number of nitrogens with one attached hydrogen (secondary N) is 1. The summed E-state index contributed by atoms with van der Waals surface area (Å²) in [5, 5.41) is 3.26. The Kier molecular flexibility index (Phi) is 5.69. The van der Waals surface area contributed by atoms with Gasteiger partial charge in [-0.05, 0) is 37.8 Å². The highest BCUT2D eigenvalue weighted by molar-refractivity contribution is 5.34. The molecule has 0 aliphatic heterocycles. The number of aryl methyl sites for hydroxylation is 1. The maximum atomic E-state index is 5.87. The first-order valence-electron chi connectivity index (χ1n) is 7.67. The summed E-state index contributed by atoms with van der Waals surface area (Å²) in [4.78, 5) is 12.8. The third-order valence-electron chi connectivity index (χ3n) is 3.15. The second-order valence-electron chi connectivity index (χ2n) is 5.96. The van der Waals surface area contributed by atoms with Crippen molar-refractivity contribution >= 4 is 5.82 Å². The summed E-state index contributed by atoms with van der Waals surface area (Å²) in [6.07, 6.45) is 6.41. The first-order chi connectivity index (χ1) is 10.5. The number of anilines is 1. The monoisotopic (exact) mass is 300 g/mol. The summed E-state index contributed by atoms with van der Waals surface area (Å²) in [5.74, 6) is 2.05. The van der Waals surface area contributed by atoms with Crippen molar-refractivity contribution in [3.05, 3.63) is 42.0 Å². The van der Waals surface area contributed by atoms with Gasteiger partial charge in [0.25, 0.3) is 0 Å². The topological polar surface area (TPSA) is 59.9 Å². The van der Waals surface area contributed by atoms with Crippen LogP contribution in [-0.4, -0.2) is 21.1 Å². The molecule has 0 radical (unpaired) electrons. The highest BCUT2D eigenvalue weighted by Crippen LogP contribution is 2.15. The highest BCUT2D eigenvalue weighted by atomic mass is 16.5. The van der Waals surface area contributed by atoms with Gasteiger partial charge in [0, 0.05) is 25.0 Å². The van der Waals surface area contributed by atoms with Gasteiger partial charge in [-0.25, -0.2) is 9.97 Å². The molecule has 0 aliphatic carbocycles. The van der Waals surface area contributed by atoms with Crippen LogP contribution in [0.25, 0.3) is 0 Å². The SMILES string of the molecule is Cc1cncc(NCc2ccnc(OC(C)CC(C)C)c2)n1. The fourth-order valence-electron chi connectivity index (χ4n) is 2.28. The lowest BCUT2D eigenvalue weighted by Gasteiger charge is -2.16. The van der Waals surface area contributed by atoms with E-state index in [1.54, 1.807) is 18.6 Å². The molecule has 2 aromatic rings. The third-order valence-corrected chi connectivity index (χ3v) is 3.15. The van der Waals surface area contributed by atoms with E-state index in [4.69, 9.17) is 4.74 Å². The van der Waals surface area contributed by atoms with Crippen LogP contribution in [0.15, 0.2) is 30.7 Å². The minimum Gasteiger partial charge on any atom is -0.475 e. The molecular formula is C17H24N4O. The summed E-state index contributed by atoms with van der Waals surface area (Å²) < 4.78 is 5.87.